The summed E-state index contributed by atoms with van der Waals surface area (Å²) in [6.07, 6.45) is 4.23. The fourth-order valence-electron chi connectivity index (χ4n) is 4.47. The van der Waals surface area contributed by atoms with Crippen LogP contribution in [0.4, 0.5) is 13.2 Å². The van der Waals surface area contributed by atoms with Crippen LogP contribution in [-0.4, -0.2) is 18.5 Å². The molecule has 0 N–H and O–H groups in total. The molecular formula is C23H18F3NO3S. The highest BCUT2D eigenvalue weighted by Crippen LogP contribution is 2.44. The van der Waals surface area contributed by atoms with E-state index in [1.807, 2.05) is 41.0 Å². The molecule has 160 valence electrons. The quantitative estimate of drug-likeness (QED) is 0.305. The Morgan fingerprint density at radius 2 is 1.71 bits per heavy atom. The van der Waals surface area contributed by atoms with Crippen molar-refractivity contribution in [2.45, 2.75) is 31.3 Å². The number of rotatable bonds is 4. The van der Waals surface area contributed by atoms with E-state index < -0.39 is 15.6 Å². The Kier molecular flexibility index (Phi) is 4.51. The van der Waals surface area contributed by atoms with Gasteiger partial charge < -0.3 is 8.75 Å². The van der Waals surface area contributed by atoms with E-state index in [2.05, 4.69) is 0 Å². The smallest absolute Gasteiger partial charge is 0.375 e. The normalized spacial score (nSPS) is 14.3. The second-order valence-corrected chi connectivity index (χ2v) is 9.21. The van der Waals surface area contributed by atoms with Crippen molar-refractivity contribution in [1.82, 2.24) is 4.57 Å². The van der Waals surface area contributed by atoms with Gasteiger partial charge in [0.25, 0.3) is 0 Å². The highest BCUT2D eigenvalue weighted by atomic mass is 32.2. The van der Waals surface area contributed by atoms with Crippen LogP contribution in [0.2, 0.25) is 0 Å². The second kappa shape index (κ2) is 7.02. The summed E-state index contributed by atoms with van der Waals surface area (Å²) in [5, 5.41) is 1.55. The minimum absolute atomic E-state index is 0.262. The van der Waals surface area contributed by atoms with E-state index in [9.17, 15) is 21.6 Å². The summed E-state index contributed by atoms with van der Waals surface area (Å²) in [5.74, 6) is -0.262. The van der Waals surface area contributed by atoms with E-state index in [4.69, 9.17) is 4.18 Å². The minimum Gasteiger partial charge on any atom is -0.375 e. The summed E-state index contributed by atoms with van der Waals surface area (Å²) in [7, 11) is -5.81. The Hall–Kier alpha value is -3.00. The van der Waals surface area contributed by atoms with Crippen molar-refractivity contribution in [2.24, 2.45) is 0 Å². The molecule has 0 amide bonds. The van der Waals surface area contributed by atoms with Gasteiger partial charge in [0.15, 0.2) is 5.75 Å². The van der Waals surface area contributed by atoms with Gasteiger partial charge in [0.2, 0.25) is 0 Å². The van der Waals surface area contributed by atoms with Crippen molar-refractivity contribution in [3.63, 3.8) is 0 Å². The van der Waals surface area contributed by atoms with Gasteiger partial charge >= 0.3 is 15.6 Å². The average Bonchev–Trinajstić information content (AvgIpc) is 3.14. The zero-order valence-corrected chi connectivity index (χ0v) is 17.1. The number of aryl methyl sites for hydroxylation is 2. The molecule has 0 radical (unpaired) electrons. The molecule has 0 unspecified atom stereocenters. The summed E-state index contributed by atoms with van der Waals surface area (Å²) in [5.41, 5.74) is -1.75. The number of alkyl halides is 3. The van der Waals surface area contributed by atoms with Crippen LogP contribution >= 0.6 is 0 Å². The van der Waals surface area contributed by atoms with E-state index in [-0.39, 0.29) is 5.75 Å². The Morgan fingerprint density at radius 3 is 2.45 bits per heavy atom. The van der Waals surface area contributed by atoms with Gasteiger partial charge in [0, 0.05) is 23.5 Å². The largest absolute Gasteiger partial charge is 0.534 e. The molecule has 0 saturated carbocycles. The molecule has 0 bridgehead atoms. The maximum Gasteiger partial charge on any atom is 0.534 e. The Morgan fingerprint density at radius 1 is 0.935 bits per heavy atom. The average molecular weight is 445 g/mol. The highest BCUT2D eigenvalue weighted by molar-refractivity contribution is 7.88. The van der Waals surface area contributed by atoms with Crippen LogP contribution in [0.25, 0.3) is 21.7 Å². The molecule has 0 fully saturated rings. The molecule has 0 spiro atoms. The summed E-state index contributed by atoms with van der Waals surface area (Å²) in [4.78, 5) is 0. The van der Waals surface area contributed by atoms with Crippen LogP contribution in [0, 0.1) is 0 Å². The predicted molar refractivity (Wildman–Crippen MR) is 113 cm³/mol. The number of halogens is 3. The monoisotopic (exact) mass is 445 g/mol. The Bertz CT molecular complexity index is 1410. The van der Waals surface area contributed by atoms with Crippen molar-refractivity contribution >= 4 is 31.8 Å². The van der Waals surface area contributed by atoms with Gasteiger partial charge in [-0.05, 0) is 47.4 Å². The SMILES string of the molecule is O=S(=O)(Oc1c2cccc3c2c(c2c1ccn2Cc1ccccc1)CCC3)C(F)(F)F. The predicted octanol–water partition coefficient (Wildman–Crippen LogP) is 5.56. The molecule has 5 rings (SSSR count). The Balaban J connectivity index is 1.81. The first-order chi connectivity index (χ1) is 14.8. The molecule has 0 atom stereocenters. The molecule has 0 saturated heterocycles. The van der Waals surface area contributed by atoms with Crippen LogP contribution in [-0.2, 0) is 29.5 Å². The second-order valence-electron chi connectivity index (χ2n) is 7.68. The first-order valence-electron chi connectivity index (χ1n) is 9.86. The van der Waals surface area contributed by atoms with E-state index in [0.29, 0.717) is 17.3 Å². The molecule has 4 aromatic rings. The third kappa shape index (κ3) is 3.26. The zero-order chi connectivity index (χ0) is 21.8. The lowest BCUT2D eigenvalue weighted by Gasteiger charge is -2.22. The number of benzene rings is 3. The molecule has 0 aliphatic heterocycles. The van der Waals surface area contributed by atoms with E-state index in [1.165, 1.54) is 0 Å². The summed E-state index contributed by atoms with van der Waals surface area (Å²) in [6, 6.07) is 16.6. The molecule has 1 aliphatic rings. The number of aromatic nitrogens is 1. The van der Waals surface area contributed by atoms with E-state index >= 15 is 0 Å². The molecule has 31 heavy (non-hydrogen) atoms. The van der Waals surface area contributed by atoms with Crippen LogP contribution in [0.1, 0.15) is 23.1 Å². The van der Waals surface area contributed by atoms with Gasteiger partial charge in [-0.15, -0.1) is 0 Å². The maximum atomic E-state index is 13.1. The van der Waals surface area contributed by atoms with Crippen molar-refractivity contribution in [1.29, 1.82) is 0 Å². The number of hydrogen-bond acceptors (Lipinski definition) is 3. The van der Waals surface area contributed by atoms with Crippen molar-refractivity contribution in [3.05, 3.63) is 77.5 Å². The highest BCUT2D eigenvalue weighted by Gasteiger charge is 2.49. The van der Waals surface area contributed by atoms with Crippen LogP contribution in [0.15, 0.2) is 60.8 Å². The summed E-state index contributed by atoms with van der Waals surface area (Å²) in [6.45, 7) is 0.510. The van der Waals surface area contributed by atoms with Gasteiger partial charge in [-0.2, -0.15) is 21.6 Å². The molecular weight excluding hydrogens is 427 g/mol. The van der Waals surface area contributed by atoms with Gasteiger partial charge in [0.1, 0.15) is 0 Å². The molecule has 8 heteroatoms. The first-order valence-corrected chi connectivity index (χ1v) is 11.3. The molecule has 1 aromatic heterocycles. The molecule has 3 aromatic carbocycles. The van der Waals surface area contributed by atoms with Gasteiger partial charge in [-0.25, -0.2) is 0 Å². The standard InChI is InChI=1S/C23H18F3NO3S/c24-23(25,26)31(28,29)30-22-18-11-5-9-16-8-4-10-17(20(16)18)21-19(22)12-13-27(21)14-15-6-2-1-3-7-15/h1-3,5-7,9,11-13H,4,8,10,14H2. The minimum atomic E-state index is -5.81. The van der Waals surface area contributed by atoms with E-state index in [1.54, 1.807) is 24.4 Å². The van der Waals surface area contributed by atoms with Crippen LogP contribution in [0.3, 0.4) is 0 Å². The lowest BCUT2D eigenvalue weighted by atomic mass is 9.86. The maximum absolute atomic E-state index is 13.1. The molecule has 4 nitrogen and oxygen atoms in total. The lowest BCUT2D eigenvalue weighted by Crippen LogP contribution is -2.28. The Labute approximate surface area is 177 Å². The van der Waals surface area contributed by atoms with Gasteiger partial charge in [-0.1, -0.05) is 48.5 Å². The summed E-state index contributed by atoms with van der Waals surface area (Å²) >= 11 is 0. The summed E-state index contributed by atoms with van der Waals surface area (Å²) < 4.78 is 69.9. The number of nitrogens with zero attached hydrogens (tertiary/aromatic N) is 1. The van der Waals surface area contributed by atoms with Crippen molar-refractivity contribution in [2.75, 3.05) is 0 Å². The number of hydrogen-bond donors (Lipinski definition) is 0. The molecule has 1 aliphatic carbocycles. The van der Waals surface area contributed by atoms with Crippen molar-refractivity contribution < 1.29 is 25.8 Å². The third-order valence-corrected chi connectivity index (χ3v) is 6.69. The van der Waals surface area contributed by atoms with Gasteiger partial charge in [-0.3, -0.25) is 0 Å². The molecule has 1 heterocycles. The lowest BCUT2D eigenvalue weighted by molar-refractivity contribution is -0.0499. The van der Waals surface area contributed by atoms with Crippen LogP contribution < -0.4 is 4.18 Å². The van der Waals surface area contributed by atoms with Crippen molar-refractivity contribution in [3.8, 4) is 5.75 Å². The zero-order valence-electron chi connectivity index (χ0n) is 16.3. The fraction of sp³-hybridized carbons (Fsp3) is 0.217. The fourth-order valence-corrected chi connectivity index (χ4v) is 4.96. The van der Waals surface area contributed by atoms with E-state index in [0.717, 1.165) is 46.9 Å². The first kappa shape index (κ1) is 19.9. The topological polar surface area (TPSA) is 48.3 Å². The third-order valence-electron chi connectivity index (χ3n) is 5.74. The number of fused-ring (bicyclic) bond motifs is 2. The van der Waals surface area contributed by atoms with Crippen LogP contribution in [0.5, 0.6) is 5.75 Å². The van der Waals surface area contributed by atoms with Gasteiger partial charge in [0.05, 0.1) is 5.52 Å².